The molecule has 1 amide bonds. The minimum absolute atomic E-state index is 0.189. The van der Waals surface area contributed by atoms with Crippen LogP contribution in [-0.2, 0) is 11.2 Å². The van der Waals surface area contributed by atoms with E-state index in [4.69, 9.17) is 22.1 Å². The van der Waals surface area contributed by atoms with E-state index in [-0.39, 0.29) is 5.88 Å². The molecule has 174 valence electrons. The summed E-state index contributed by atoms with van der Waals surface area (Å²) in [6.45, 7) is 2.77. The Morgan fingerprint density at radius 3 is 2.48 bits per heavy atom. The number of carbonyl (C=O) groups is 1. The van der Waals surface area contributed by atoms with E-state index in [0.29, 0.717) is 28.1 Å². The number of hydrogen-bond donors (Lipinski definition) is 1. The van der Waals surface area contributed by atoms with Gasteiger partial charge in [0.05, 0.1) is 0 Å². The normalized spacial score (nSPS) is 12.5. The monoisotopic (exact) mass is 475 g/mol. The predicted octanol–water partition coefficient (Wildman–Crippen LogP) is 6.17. The number of benzene rings is 1. The highest BCUT2D eigenvalue weighted by Gasteiger charge is 2.30. The summed E-state index contributed by atoms with van der Waals surface area (Å²) in [5, 5.41) is 0.459. The Hall–Kier alpha value is -3.26. The summed E-state index contributed by atoms with van der Waals surface area (Å²) >= 11 is 6.08. The zero-order valence-electron chi connectivity index (χ0n) is 18.4. The fraction of sp³-hybridized carbons (Fsp3) is 0.292. The average molecular weight is 476 g/mol. The zero-order chi connectivity index (χ0) is 24.2. The van der Waals surface area contributed by atoms with Crippen LogP contribution >= 0.6 is 11.6 Å². The topological polar surface area (TPSA) is 87.3 Å². The third-order valence-corrected chi connectivity index (χ3v) is 5.03. The molecule has 9 heteroatoms. The molecule has 1 unspecified atom stereocenters. The molecule has 0 aliphatic heterocycles. The lowest BCUT2D eigenvalue weighted by atomic mass is 9.84. The summed E-state index contributed by atoms with van der Waals surface area (Å²) in [6.07, 6.45) is 3.71. The Labute approximate surface area is 195 Å². The third-order valence-electron chi connectivity index (χ3n) is 4.79. The van der Waals surface area contributed by atoms with E-state index in [0.717, 1.165) is 11.1 Å². The van der Waals surface area contributed by atoms with Gasteiger partial charge in [-0.2, -0.15) is 8.78 Å². The van der Waals surface area contributed by atoms with Crippen molar-refractivity contribution in [2.45, 2.75) is 39.9 Å². The van der Waals surface area contributed by atoms with Crippen LogP contribution in [0.5, 0.6) is 5.88 Å². The van der Waals surface area contributed by atoms with Gasteiger partial charge in [0.25, 0.3) is 0 Å². The quantitative estimate of drug-likeness (QED) is 0.441. The molecule has 33 heavy (non-hydrogen) atoms. The van der Waals surface area contributed by atoms with Gasteiger partial charge < -0.3 is 15.2 Å². The van der Waals surface area contributed by atoms with Crippen LogP contribution in [-0.4, -0.2) is 22.7 Å². The Morgan fingerprint density at radius 1 is 1.12 bits per heavy atom. The smallest absolute Gasteiger partial charge is 0.405 e. The minimum Gasteiger partial charge on any atom is -0.441 e. The number of aromatic nitrogens is 2. The Morgan fingerprint density at radius 2 is 1.85 bits per heavy atom. The second-order valence-corrected chi connectivity index (χ2v) is 9.01. The van der Waals surface area contributed by atoms with Crippen molar-refractivity contribution >= 4 is 17.7 Å². The highest BCUT2D eigenvalue weighted by atomic mass is 35.5. The molecule has 2 aromatic heterocycles. The predicted molar refractivity (Wildman–Crippen MR) is 121 cm³/mol. The zero-order valence-corrected chi connectivity index (χ0v) is 19.1. The number of halogens is 3. The molecular formula is C24H24ClF2N3O3. The van der Waals surface area contributed by atoms with E-state index in [1.807, 2.05) is 26.8 Å². The van der Waals surface area contributed by atoms with Crippen LogP contribution in [0.2, 0.25) is 5.02 Å². The minimum atomic E-state index is -3.01. The standard InChI is InChI=1S/C24H24ClF2N3O3/c1-24(2,3)20(32-23(28)31)17-8-14(11-29-13-17)7-15-9-19(16-5-4-6-18(25)10-16)21(30-12-15)33-22(26)27/h4-6,8-13,20,22H,7H2,1-3H3,(H2,28,31). The molecule has 0 aliphatic carbocycles. The van der Waals surface area contributed by atoms with Crippen LogP contribution in [0, 0.1) is 5.41 Å². The van der Waals surface area contributed by atoms with Crippen molar-refractivity contribution in [2.24, 2.45) is 11.1 Å². The van der Waals surface area contributed by atoms with Crippen molar-refractivity contribution in [2.75, 3.05) is 0 Å². The van der Waals surface area contributed by atoms with Gasteiger partial charge in [-0.05, 0) is 41.0 Å². The number of rotatable bonds is 7. The second kappa shape index (κ2) is 10.1. The maximum Gasteiger partial charge on any atom is 0.405 e. The SMILES string of the molecule is CC(C)(C)C(OC(N)=O)c1cncc(Cc2cnc(OC(F)F)c(-c3cccc(Cl)c3)c2)c1. The summed E-state index contributed by atoms with van der Waals surface area (Å²) in [4.78, 5) is 19.8. The molecule has 0 saturated carbocycles. The van der Waals surface area contributed by atoms with Gasteiger partial charge in [0.15, 0.2) is 0 Å². The first-order valence-corrected chi connectivity index (χ1v) is 10.5. The molecule has 0 bridgehead atoms. The number of amides is 1. The molecule has 1 atom stereocenters. The van der Waals surface area contributed by atoms with E-state index < -0.39 is 24.2 Å². The first-order valence-electron chi connectivity index (χ1n) is 10.1. The fourth-order valence-electron chi connectivity index (χ4n) is 3.48. The first-order chi connectivity index (χ1) is 15.5. The molecule has 3 rings (SSSR count). The van der Waals surface area contributed by atoms with E-state index in [9.17, 15) is 13.6 Å². The highest BCUT2D eigenvalue weighted by Crippen LogP contribution is 2.36. The van der Waals surface area contributed by atoms with Crippen LogP contribution < -0.4 is 10.5 Å². The van der Waals surface area contributed by atoms with Gasteiger partial charge in [0, 0.05) is 46.6 Å². The number of nitrogens with zero attached hydrogens (tertiary/aromatic N) is 2. The number of ether oxygens (including phenoxy) is 2. The van der Waals surface area contributed by atoms with Crippen LogP contribution in [0.25, 0.3) is 11.1 Å². The Balaban J connectivity index is 1.96. The number of pyridine rings is 2. The van der Waals surface area contributed by atoms with Crippen molar-refractivity contribution in [1.82, 2.24) is 9.97 Å². The molecule has 0 spiro atoms. The molecule has 0 aliphatic rings. The number of hydrogen-bond acceptors (Lipinski definition) is 5. The largest absolute Gasteiger partial charge is 0.441 e. The Kier molecular flexibility index (Phi) is 7.48. The van der Waals surface area contributed by atoms with Gasteiger partial charge in [-0.25, -0.2) is 9.78 Å². The van der Waals surface area contributed by atoms with Gasteiger partial charge >= 0.3 is 12.7 Å². The maximum absolute atomic E-state index is 12.9. The molecule has 2 heterocycles. The van der Waals surface area contributed by atoms with E-state index in [2.05, 4.69) is 14.7 Å². The second-order valence-electron chi connectivity index (χ2n) is 8.57. The van der Waals surface area contributed by atoms with Crippen molar-refractivity contribution in [3.05, 3.63) is 76.7 Å². The summed E-state index contributed by atoms with van der Waals surface area (Å²) in [7, 11) is 0. The lowest BCUT2D eigenvalue weighted by Gasteiger charge is -2.30. The molecule has 3 aromatic rings. The maximum atomic E-state index is 12.9. The van der Waals surface area contributed by atoms with E-state index in [1.54, 1.807) is 42.7 Å². The lowest BCUT2D eigenvalue weighted by Crippen LogP contribution is -2.27. The third kappa shape index (κ3) is 6.61. The van der Waals surface area contributed by atoms with Gasteiger partial charge in [-0.1, -0.05) is 44.5 Å². The lowest BCUT2D eigenvalue weighted by molar-refractivity contribution is -0.0524. The Bertz CT molecular complexity index is 1140. The first kappa shape index (κ1) is 24.4. The van der Waals surface area contributed by atoms with Crippen molar-refractivity contribution in [3.8, 4) is 17.0 Å². The number of alkyl halides is 2. The number of nitrogens with two attached hydrogens (primary N) is 1. The number of carbonyl (C=O) groups excluding carboxylic acids is 1. The van der Waals surface area contributed by atoms with Gasteiger partial charge in [0.2, 0.25) is 5.88 Å². The summed E-state index contributed by atoms with van der Waals surface area (Å²) in [5.41, 5.74) is 8.09. The van der Waals surface area contributed by atoms with Crippen molar-refractivity contribution in [3.63, 3.8) is 0 Å². The van der Waals surface area contributed by atoms with Gasteiger partial charge in [-0.3, -0.25) is 4.98 Å². The van der Waals surface area contributed by atoms with Crippen molar-refractivity contribution in [1.29, 1.82) is 0 Å². The van der Waals surface area contributed by atoms with Crippen LogP contribution in [0.3, 0.4) is 0 Å². The van der Waals surface area contributed by atoms with Gasteiger partial charge in [0.1, 0.15) is 6.10 Å². The summed E-state index contributed by atoms with van der Waals surface area (Å²) in [5.74, 6) is -0.189. The molecule has 0 saturated heterocycles. The van der Waals surface area contributed by atoms with Crippen LogP contribution in [0.15, 0.2) is 55.0 Å². The van der Waals surface area contributed by atoms with E-state index in [1.165, 1.54) is 6.20 Å². The van der Waals surface area contributed by atoms with Crippen LogP contribution in [0.1, 0.15) is 43.6 Å². The van der Waals surface area contributed by atoms with E-state index >= 15 is 0 Å². The van der Waals surface area contributed by atoms with Crippen LogP contribution in [0.4, 0.5) is 13.6 Å². The fourth-order valence-corrected chi connectivity index (χ4v) is 3.67. The van der Waals surface area contributed by atoms with Gasteiger partial charge in [-0.15, -0.1) is 0 Å². The summed E-state index contributed by atoms with van der Waals surface area (Å²) < 4.78 is 35.8. The number of primary amides is 1. The molecule has 6 nitrogen and oxygen atoms in total. The summed E-state index contributed by atoms with van der Waals surface area (Å²) in [6, 6.07) is 10.4. The molecule has 0 radical (unpaired) electrons. The molecule has 2 N–H and O–H groups in total. The molecular weight excluding hydrogens is 452 g/mol. The van der Waals surface area contributed by atoms with Crippen molar-refractivity contribution < 1.29 is 23.0 Å². The molecule has 0 fully saturated rings. The average Bonchev–Trinajstić information content (AvgIpc) is 2.72. The molecule has 1 aromatic carbocycles. The highest BCUT2D eigenvalue weighted by molar-refractivity contribution is 6.30.